The van der Waals surface area contributed by atoms with E-state index in [2.05, 4.69) is 197 Å². The van der Waals surface area contributed by atoms with E-state index >= 15 is 0 Å². The average molecular weight is 751 g/mol. The van der Waals surface area contributed by atoms with Crippen molar-refractivity contribution < 1.29 is 9.39 Å². The van der Waals surface area contributed by atoms with Gasteiger partial charge in [0.2, 0.25) is 0 Å². The zero-order valence-electron chi connectivity index (χ0n) is 31.7. The van der Waals surface area contributed by atoms with E-state index in [4.69, 9.17) is 9.39 Å². The number of hydrogen-bond donors (Lipinski definition) is 0. The Morgan fingerprint density at radius 1 is 0.373 bits per heavy atom. The third-order valence-corrected chi connectivity index (χ3v) is 12.9. The molecular weight excluding hydrogens is 719 g/mol. The summed E-state index contributed by atoms with van der Waals surface area (Å²) < 4.78 is 18.7. The summed E-state index contributed by atoms with van der Waals surface area (Å²) in [6.45, 7) is -0.289. The summed E-state index contributed by atoms with van der Waals surface area (Å²) in [7, 11) is 0. The van der Waals surface area contributed by atoms with Crippen LogP contribution in [-0.4, -0.2) is 15.9 Å². The van der Waals surface area contributed by atoms with Gasteiger partial charge in [-0.3, -0.25) is 0 Å². The van der Waals surface area contributed by atoms with E-state index in [1.54, 1.807) is 0 Å². The standard InChI is InChI=1S/C54H31BN2O2/c1-5-19-46-37(13-1)38-14-2-6-20-47(38)56(46)36-12-9-11-32(27-36)34-23-25-45-51(30-34)58-52-31-35(29-44-40-16-4-8-22-50(40)59-55(45)53(44)52)33-24-26-49-43(28-33)42-18-10-17-41-39-15-3-7-21-48(39)57(49)54(41)42/h1-31H. The van der Waals surface area contributed by atoms with Gasteiger partial charge in [-0.1, -0.05) is 121 Å². The van der Waals surface area contributed by atoms with Crippen molar-refractivity contribution in [1.82, 2.24) is 8.97 Å². The lowest BCUT2D eigenvalue weighted by molar-refractivity contribution is 0.480. The minimum Gasteiger partial charge on any atom is -0.551 e. The molecule has 3 aromatic heterocycles. The number of fused-ring (bicyclic) bond motifs is 13. The predicted molar refractivity (Wildman–Crippen MR) is 244 cm³/mol. The molecule has 5 heterocycles. The second kappa shape index (κ2) is 11.4. The Morgan fingerprint density at radius 3 is 1.81 bits per heavy atom. The molecule has 0 saturated heterocycles. The lowest BCUT2D eigenvalue weighted by Crippen LogP contribution is -2.53. The summed E-state index contributed by atoms with van der Waals surface area (Å²) in [4.78, 5) is 0. The first-order valence-corrected chi connectivity index (χ1v) is 20.3. The minimum absolute atomic E-state index is 0.289. The Hall–Kier alpha value is -7.76. The van der Waals surface area contributed by atoms with Crippen molar-refractivity contribution in [3.63, 3.8) is 0 Å². The highest BCUT2D eigenvalue weighted by molar-refractivity contribution is 6.84. The summed E-state index contributed by atoms with van der Waals surface area (Å²) in [5.41, 5.74) is 16.1. The molecule has 0 radical (unpaired) electrons. The molecule has 0 atom stereocenters. The van der Waals surface area contributed by atoms with Crippen molar-refractivity contribution >= 4 is 77.7 Å². The number of nitrogens with zero attached hydrogens (tertiary/aromatic N) is 2. The second-order valence-corrected chi connectivity index (χ2v) is 16.0. The van der Waals surface area contributed by atoms with Crippen molar-refractivity contribution in [3.05, 3.63) is 188 Å². The molecule has 5 heteroatoms. The maximum Gasteiger partial charge on any atom is 0.434 e. The normalized spacial score (nSPS) is 13.0. The Morgan fingerprint density at radius 2 is 0.983 bits per heavy atom. The molecule has 0 saturated carbocycles. The van der Waals surface area contributed by atoms with Gasteiger partial charge in [0.05, 0.1) is 27.6 Å². The number of benzene rings is 9. The van der Waals surface area contributed by atoms with Crippen LogP contribution in [0.2, 0.25) is 0 Å². The van der Waals surface area contributed by atoms with Crippen molar-refractivity contribution in [2.75, 3.05) is 0 Å². The SMILES string of the molecule is c1cc(-c2ccc3c(c2)Oc2cc(-c4ccc5c(c4)c4cccc6c7ccccc7n5c64)cc4c2B3Oc2ccccc2-4)cc(-n2c3ccccc3c3ccccc32)c1. The second-order valence-electron chi connectivity index (χ2n) is 16.0. The van der Waals surface area contributed by atoms with Gasteiger partial charge in [0, 0.05) is 54.5 Å². The molecular formula is C54H31BN2O2. The summed E-state index contributed by atoms with van der Waals surface area (Å²) in [6.07, 6.45) is 0. The minimum atomic E-state index is -0.289. The van der Waals surface area contributed by atoms with Crippen molar-refractivity contribution in [1.29, 1.82) is 0 Å². The molecule has 12 aromatic rings. The molecule has 0 spiro atoms. The topological polar surface area (TPSA) is 27.8 Å². The van der Waals surface area contributed by atoms with Gasteiger partial charge < -0.3 is 18.4 Å². The highest BCUT2D eigenvalue weighted by Gasteiger charge is 2.41. The van der Waals surface area contributed by atoms with Gasteiger partial charge >= 0.3 is 6.92 Å². The van der Waals surface area contributed by atoms with Crippen LogP contribution in [0.5, 0.6) is 17.2 Å². The Labute approximate surface area is 339 Å². The van der Waals surface area contributed by atoms with E-state index in [0.717, 1.165) is 67.2 Å². The fraction of sp³-hybridized carbons (Fsp3) is 0. The molecule has 0 aliphatic carbocycles. The molecule has 14 rings (SSSR count). The zero-order valence-corrected chi connectivity index (χ0v) is 31.7. The molecule has 2 aliphatic rings. The first-order valence-electron chi connectivity index (χ1n) is 20.3. The molecule has 9 aromatic carbocycles. The van der Waals surface area contributed by atoms with Crippen molar-refractivity contribution in [2.45, 2.75) is 0 Å². The quantitative estimate of drug-likeness (QED) is 0.168. The van der Waals surface area contributed by atoms with Crippen LogP contribution in [0.1, 0.15) is 0 Å². The molecule has 4 nitrogen and oxygen atoms in total. The molecule has 272 valence electrons. The molecule has 2 aliphatic heterocycles. The summed E-state index contributed by atoms with van der Waals surface area (Å²) in [5, 5.41) is 7.61. The molecule has 0 amide bonds. The van der Waals surface area contributed by atoms with E-state index in [1.807, 2.05) is 0 Å². The summed E-state index contributed by atoms with van der Waals surface area (Å²) >= 11 is 0. The first kappa shape index (κ1) is 31.3. The number of rotatable bonds is 3. The van der Waals surface area contributed by atoms with Crippen molar-refractivity contribution in [2.24, 2.45) is 0 Å². The molecule has 0 fully saturated rings. The van der Waals surface area contributed by atoms with Gasteiger partial charge in [-0.2, -0.15) is 0 Å². The average Bonchev–Trinajstić information content (AvgIpc) is 3.94. The lowest BCUT2D eigenvalue weighted by atomic mass is 9.50. The number of hydrogen-bond acceptors (Lipinski definition) is 2. The Kier molecular flexibility index (Phi) is 6.07. The highest BCUT2D eigenvalue weighted by Crippen LogP contribution is 2.44. The maximum absolute atomic E-state index is 7.02. The maximum atomic E-state index is 7.02. The monoisotopic (exact) mass is 750 g/mol. The van der Waals surface area contributed by atoms with Crippen LogP contribution in [0.25, 0.3) is 99.0 Å². The predicted octanol–water partition coefficient (Wildman–Crippen LogP) is 12.5. The first-order chi connectivity index (χ1) is 29.2. The number of aromatic nitrogens is 2. The van der Waals surface area contributed by atoms with Crippen LogP contribution >= 0.6 is 0 Å². The van der Waals surface area contributed by atoms with E-state index in [-0.39, 0.29) is 6.92 Å². The highest BCUT2D eigenvalue weighted by atomic mass is 16.5. The fourth-order valence-corrected chi connectivity index (χ4v) is 10.3. The third-order valence-electron chi connectivity index (χ3n) is 12.9. The molecule has 0 N–H and O–H groups in total. The van der Waals surface area contributed by atoms with E-state index in [0.29, 0.717) is 0 Å². The van der Waals surface area contributed by atoms with Gasteiger partial charge in [-0.25, -0.2) is 0 Å². The molecule has 0 unspecified atom stereocenters. The van der Waals surface area contributed by atoms with Crippen LogP contribution < -0.4 is 20.3 Å². The summed E-state index contributed by atoms with van der Waals surface area (Å²) in [5.74, 6) is 2.54. The fourth-order valence-electron chi connectivity index (χ4n) is 10.3. The van der Waals surface area contributed by atoms with Crippen LogP contribution in [0, 0.1) is 0 Å². The summed E-state index contributed by atoms with van der Waals surface area (Å²) in [6, 6.07) is 68.0. The lowest BCUT2D eigenvalue weighted by Gasteiger charge is -2.33. The van der Waals surface area contributed by atoms with Crippen molar-refractivity contribution in [3.8, 4) is 56.3 Å². The van der Waals surface area contributed by atoms with Gasteiger partial charge in [0.15, 0.2) is 0 Å². The number of para-hydroxylation sites is 5. The van der Waals surface area contributed by atoms with Gasteiger partial charge in [-0.05, 0) is 94.5 Å². The molecule has 0 bridgehead atoms. The molecule has 59 heavy (non-hydrogen) atoms. The van der Waals surface area contributed by atoms with E-state index in [1.165, 1.54) is 59.9 Å². The van der Waals surface area contributed by atoms with Gasteiger partial charge in [0.1, 0.15) is 17.2 Å². The Bertz CT molecular complexity index is 3710. The van der Waals surface area contributed by atoms with Crippen LogP contribution in [0.15, 0.2) is 188 Å². The third kappa shape index (κ3) is 4.23. The number of ether oxygens (including phenoxy) is 1. The van der Waals surface area contributed by atoms with Gasteiger partial charge in [0.25, 0.3) is 0 Å². The van der Waals surface area contributed by atoms with Crippen LogP contribution in [0.3, 0.4) is 0 Å². The smallest absolute Gasteiger partial charge is 0.434 e. The van der Waals surface area contributed by atoms with E-state index < -0.39 is 0 Å². The van der Waals surface area contributed by atoms with Gasteiger partial charge in [-0.15, -0.1) is 0 Å². The van der Waals surface area contributed by atoms with Crippen LogP contribution in [-0.2, 0) is 0 Å². The van der Waals surface area contributed by atoms with E-state index in [9.17, 15) is 0 Å². The largest absolute Gasteiger partial charge is 0.551 e. The zero-order chi connectivity index (χ0) is 38.3. The van der Waals surface area contributed by atoms with Crippen LogP contribution in [0.4, 0.5) is 0 Å². The Balaban J connectivity index is 0.915.